The molecule has 2 aromatic rings. The second-order valence-corrected chi connectivity index (χ2v) is 6.16. The summed E-state index contributed by atoms with van der Waals surface area (Å²) in [6, 6.07) is 7.96. The van der Waals surface area contributed by atoms with Crippen molar-refractivity contribution in [2.24, 2.45) is 0 Å². The van der Waals surface area contributed by atoms with Crippen LogP contribution in [-0.2, 0) is 0 Å². The SMILES string of the molecule is C[C@H](C(=O)c1c[nH]c2ccccc12)N1CCSCC1. The van der Waals surface area contributed by atoms with Gasteiger partial charge in [-0.25, -0.2) is 0 Å². The molecule has 1 aliphatic heterocycles. The predicted octanol–water partition coefficient (Wildman–Crippen LogP) is 2.79. The zero-order chi connectivity index (χ0) is 13.2. The zero-order valence-electron chi connectivity index (χ0n) is 11.1. The van der Waals surface area contributed by atoms with Crippen LogP contribution in [0.5, 0.6) is 0 Å². The highest BCUT2D eigenvalue weighted by molar-refractivity contribution is 7.99. The van der Waals surface area contributed by atoms with E-state index in [-0.39, 0.29) is 11.8 Å². The number of hydrogen-bond acceptors (Lipinski definition) is 3. The quantitative estimate of drug-likeness (QED) is 0.874. The summed E-state index contributed by atoms with van der Waals surface area (Å²) in [6.07, 6.45) is 1.85. The molecule has 3 nitrogen and oxygen atoms in total. The fraction of sp³-hybridized carbons (Fsp3) is 0.400. The summed E-state index contributed by atoms with van der Waals surface area (Å²) in [5.74, 6) is 2.49. The molecule has 0 spiro atoms. The number of rotatable bonds is 3. The number of fused-ring (bicyclic) bond motifs is 1. The molecule has 3 rings (SSSR count). The smallest absolute Gasteiger partial charge is 0.181 e. The number of para-hydroxylation sites is 1. The molecule has 0 amide bonds. The van der Waals surface area contributed by atoms with E-state index >= 15 is 0 Å². The number of carbonyl (C=O) groups excluding carboxylic acids is 1. The van der Waals surface area contributed by atoms with Crippen LogP contribution < -0.4 is 0 Å². The number of ketones is 1. The molecule has 0 bridgehead atoms. The molecule has 1 aromatic heterocycles. The number of thioether (sulfide) groups is 1. The van der Waals surface area contributed by atoms with Crippen molar-refractivity contribution in [1.82, 2.24) is 9.88 Å². The summed E-state index contributed by atoms with van der Waals surface area (Å²) < 4.78 is 0. The largest absolute Gasteiger partial charge is 0.360 e. The first-order valence-electron chi connectivity index (χ1n) is 6.69. The molecule has 19 heavy (non-hydrogen) atoms. The number of hydrogen-bond donors (Lipinski definition) is 1. The standard InChI is InChI=1S/C15H18N2OS/c1-11(17-6-8-19-9-7-17)15(18)13-10-16-14-5-3-2-4-12(13)14/h2-5,10-11,16H,6-9H2,1H3/t11-/m1/s1. The van der Waals surface area contributed by atoms with Gasteiger partial charge in [-0.15, -0.1) is 0 Å². The molecule has 0 aliphatic carbocycles. The van der Waals surface area contributed by atoms with E-state index < -0.39 is 0 Å². The van der Waals surface area contributed by atoms with Crippen LogP contribution in [0.15, 0.2) is 30.5 Å². The summed E-state index contributed by atoms with van der Waals surface area (Å²) >= 11 is 1.97. The molecular formula is C15H18N2OS. The molecule has 0 saturated carbocycles. The van der Waals surface area contributed by atoms with Crippen LogP contribution in [0.25, 0.3) is 10.9 Å². The molecule has 1 saturated heterocycles. The van der Waals surface area contributed by atoms with Crippen LogP contribution in [0.1, 0.15) is 17.3 Å². The third-order valence-corrected chi connectivity index (χ3v) is 4.77. The molecule has 1 fully saturated rings. The minimum Gasteiger partial charge on any atom is -0.360 e. The van der Waals surface area contributed by atoms with Crippen LogP contribution in [0.2, 0.25) is 0 Å². The van der Waals surface area contributed by atoms with Gasteiger partial charge in [-0.2, -0.15) is 11.8 Å². The maximum Gasteiger partial charge on any atom is 0.181 e. The number of benzene rings is 1. The van der Waals surface area contributed by atoms with Crippen molar-refractivity contribution in [3.8, 4) is 0 Å². The summed E-state index contributed by atoms with van der Waals surface area (Å²) in [5.41, 5.74) is 1.86. The van der Waals surface area contributed by atoms with E-state index in [0.29, 0.717) is 0 Å². The molecule has 1 aromatic carbocycles. The number of Topliss-reactive ketones (excluding diaryl/α,β-unsaturated/α-hetero) is 1. The minimum absolute atomic E-state index is 0.0277. The van der Waals surface area contributed by atoms with Gasteiger partial charge in [0.05, 0.1) is 6.04 Å². The van der Waals surface area contributed by atoms with E-state index in [1.54, 1.807) is 0 Å². The highest BCUT2D eigenvalue weighted by Gasteiger charge is 2.25. The lowest BCUT2D eigenvalue weighted by atomic mass is 10.0. The first-order valence-corrected chi connectivity index (χ1v) is 7.85. The van der Waals surface area contributed by atoms with Gasteiger partial charge in [-0.1, -0.05) is 18.2 Å². The minimum atomic E-state index is -0.0277. The Bertz CT molecular complexity index is 587. The first-order chi connectivity index (χ1) is 9.27. The molecule has 100 valence electrons. The lowest BCUT2D eigenvalue weighted by Gasteiger charge is -2.31. The normalized spacial score (nSPS) is 18.6. The molecule has 4 heteroatoms. The number of aromatic amines is 1. The van der Waals surface area contributed by atoms with Crippen molar-refractivity contribution >= 4 is 28.4 Å². The second kappa shape index (κ2) is 5.39. The summed E-state index contributed by atoms with van der Waals surface area (Å²) in [5, 5.41) is 1.03. The first kappa shape index (κ1) is 12.8. The maximum atomic E-state index is 12.7. The van der Waals surface area contributed by atoms with Gasteiger partial charge in [0.25, 0.3) is 0 Å². The Labute approximate surface area is 117 Å². The van der Waals surface area contributed by atoms with Gasteiger partial charge in [0.1, 0.15) is 0 Å². The van der Waals surface area contributed by atoms with E-state index in [0.717, 1.165) is 41.1 Å². The van der Waals surface area contributed by atoms with E-state index in [1.165, 1.54) is 0 Å². The topological polar surface area (TPSA) is 36.1 Å². The lowest BCUT2D eigenvalue weighted by Crippen LogP contribution is -2.43. The van der Waals surface area contributed by atoms with Crippen molar-refractivity contribution in [2.75, 3.05) is 24.6 Å². The van der Waals surface area contributed by atoms with E-state index in [9.17, 15) is 4.79 Å². The van der Waals surface area contributed by atoms with E-state index in [2.05, 4.69) is 9.88 Å². The average Bonchev–Trinajstić information content (AvgIpc) is 2.90. The van der Waals surface area contributed by atoms with Crippen molar-refractivity contribution < 1.29 is 4.79 Å². The van der Waals surface area contributed by atoms with Crippen LogP contribution in [0.3, 0.4) is 0 Å². The predicted molar refractivity (Wildman–Crippen MR) is 81.0 cm³/mol. The van der Waals surface area contributed by atoms with Crippen molar-refractivity contribution in [2.45, 2.75) is 13.0 Å². The van der Waals surface area contributed by atoms with Crippen LogP contribution in [0.4, 0.5) is 0 Å². The van der Waals surface area contributed by atoms with Crippen molar-refractivity contribution in [3.63, 3.8) is 0 Å². The summed E-state index contributed by atoms with van der Waals surface area (Å²) in [7, 11) is 0. The molecular weight excluding hydrogens is 256 g/mol. The Morgan fingerprint density at radius 2 is 2.05 bits per heavy atom. The fourth-order valence-electron chi connectivity index (χ4n) is 2.63. The highest BCUT2D eigenvalue weighted by Crippen LogP contribution is 2.21. The molecule has 1 N–H and O–H groups in total. The summed E-state index contributed by atoms with van der Waals surface area (Å²) in [4.78, 5) is 18.1. The van der Waals surface area contributed by atoms with Crippen LogP contribution >= 0.6 is 11.8 Å². The Hall–Kier alpha value is -1.26. The van der Waals surface area contributed by atoms with Crippen molar-refractivity contribution in [3.05, 3.63) is 36.0 Å². The number of aromatic nitrogens is 1. The van der Waals surface area contributed by atoms with Crippen molar-refractivity contribution in [1.29, 1.82) is 0 Å². The van der Waals surface area contributed by atoms with Gasteiger partial charge in [0, 0.05) is 47.3 Å². The van der Waals surface area contributed by atoms with Gasteiger partial charge in [0.2, 0.25) is 0 Å². The Balaban J connectivity index is 1.86. The Morgan fingerprint density at radius 3 is 2.84 bits per heavy atom. The number of H-pyrrole nitrogens is 1. The average molecular weight is 274 g/mol. The number of nitrogens with zero attached hydrogens (tertiary/aromatic N) is 1. The number of carbonyl (C=O) groups is 1. The van der Waals surface area contributed by atoms with Crippen LogP contribution in [0, 0.1) is 0 Å². The Morgan fingerprint density at radius 1 is 1.32 bits per heavy atom. The van der Waals surface area contributed by atoms with E-state index in [4.69, 9.17) is 0 Å². The zero-order valence-corrected chi connectivity index (χ0v) is 11.9. The Kier molecular flexibility index (Phi) is 3.62. The highest BCUT2D eigenvalue weighted by atomic mass is 32.2. The van der Waals surface area contributed by atoms with Crippen LogP contribution in [-0.4, -0.2) is 46.3 Å². The van der Waals surface area contributed by atoms with E-state index in [1.807, 2.05) is 49.1 Å². The fourth-order valence-corrected chi connectivity index (χ4v) is 3.56. The third kappa shape index (κ3) is 2.42. The molecule has 1 atom stereocenters. The molecule has 0 unspecified atom stereocenters. The van der Waals surface area contributed by atoms with Gasteiger partial charge in [-0.3, -0.25) is 9.69 Å². The molecule has 1 aliphatic rings. The number of nitrogens with one attached hydrogen (secondary N) is 1. The third-order valence-electron chi connectivity index (χ3n) is 3.83. The van der Waals surface area contributed by atoms with Gasteiger partial charge < -0.3 is 4.98 Å². The van der Waals surface area contributed by atoms with Gasteiger partial charge in [-0.05, 0) is 13.0 Å². The van der Waals surface area contributed by atoms with Gasteiger partial charge >= 0.3 is 0 Å². The molecule has 2 heterocycles. The molecule has 0 radical (unpaired) electrons. The maximum absolute atomic E-state index is 12.7. The monoisotopic (exact) mass is 274 g/mol. The van der Waals surface area contributed by atoms with Gasteiger partial charge in [0.15, 0.2) is 5.78 Å². The summed E-state index contributed by atoms with van der Waals surface area (Å²) in [6.45, 7) is 4.06. The second-order valence-electron chi connectivity index (χ2n) is 4.94. The lowest BCUT2D eigenvalue weighted by molar-refractivity contribution is 0.0853.